The highest BCUT2D eigenvalue weighted by atomic mass is 16.5. The first-order chi connectivity index (χ1) is 9.65. The molecule has 6 nitrogen and oxygen atoms in total. The summed E-state index contributed by atoms with van der Waals surface area (Å²) in [5.74, 6) is 5.63. The summed E-state index contributed by atoms with van der Waals surface area (Å²) >= 11 is 0. The first-order valence-corrected chi connectivity index (χ1v) is 6.13. The maximum absolute atomic E-state index is 11.6. The fourth-order valence-corrected chi connectivity index (χ4v) is 1.64. The van der Waals surface area contributed by atoms with E-state index in [9.17, 15) is 4.79 Å². The summed E-state index contributed by atoms with van der Waals surface area (Å²) < 4.78 is 15.8. The molecule has 0 aromatic heterocycles. The number of carbonyl (C=O) groups excluding carboxylic acids is 1. The highest BCUT2D eigenvalue weighted by molar-refractivity contribution is 5.80. The Bertz CT molecular complexity index is 474. The van der Waals surface area contributed by atoms with E-state index in [1.165, 1.54) is 14.2 Å². The Labute approximate surface area is 118 Å². The van der Waals surface area contributed by atoms with Gasteiger partial charge in [-0.05, 0) is 24.6 Å². The van der Waals surface area contributed by atoms with Crippen molar-refractivity contribution in [3.63, 3.8) is 0 Å². The van der Waals surface area contributed by atoms with Gasteiger partial charge in [0.2, 0.25) is 6.10 Å². The third-order valence-electron chi connectivity index (χ3n) is 2.57. The Kier molecular flexibility index (Phi) is 6.55. The van der Waals surface area contributed by atoms with E-state index in [2.05, 4.69) is 0 Å². The number of allylic oxidation sites excluding steroid dienone is 1. The van der Waals surface area contributed by atoms with Crippen LogP contribution in [0.25, 0.3) is 6.08 Å². The third-order valence-corrected chi connectivity index (χ3v) is 2.57. The number of nitrogens with two attached hydrogens (primary N) is 1. The summed E-state index contributed by atoms with van der Waals surface area (Å²) in [7, 11) is 3.02. The van der Waals surface area contributed by atoms with Crippen LogP contribution in [-0.4, -0.2) is 32.8 Å². The highest BCUT2D eigenvalue weighted by Crippen LogP contribution is 2.29. The number of nitrogens with one attached hydrogen (secondary N) is 1. The van der Waals surface area contributed by atoms with Crippen molar-refractivity contribution in [1.82, 2.24) is 5.43 Å². The lowest BCUT2D eigenvalue weighted by atomic mass is 10.2. The molecule has 1 amide bonds. The quantitative estimate of drug-likeness (QED) is 0.444. The van der Waals surface area contributed by atoms with Crippen molar-refractivity contribution in [2.45, 2.75) is 13.0 Å². The number of hydrogen-bond acceptors (Lipinski definition) is 5. The summed E-state index contributed by atoms with van der Waals surface area (Å²) in [6.07, 6.45) is 3.02. The highest BCUT2D eigenvalue weighted by Gasteiger charge is 2.21. The van der Waals surface area contributed by atoms with Gasteiger partial charge in [0, 0.05) is 7.11 Å². The zero-order valence-electron chi connectivity index (χ0n) is 11.9. The van der Waals surface area contributed by atoms with Crippen LogP contribution >= 0.6 is 0 Å². The second kappa shape index (κ2) is 8.19. The predicted octanol–water partition coefficient (Wildman–Crippen LogP) is 1.11. The number of hydrogen-bond donors (Lipinski definition) is 2. The van der Waals surface area contributed by atoms with Crippen molar-refractivity contribution >= 4 is 12.0 Å². The molecule has 1 atom stereocenters. The largest absolute Gasteiger partial charge is 0.493 e. The molecule has 0 spiro atoms. The molecule has 0 saturated carbocycles. The van der Waals surface area contributed by atoms with Gasteiger partial charge < -0.3 is 14.2 Å². The molecule has 20 heavy (non-hydrogen) atoms. The van der Waals surface area contributed by atoms with E-state index in [4.69, 9.17) is 20.1 Å². The molecule has 0 aliphatic rings. The van der Waals surface area contributed by atoms with Crippen LogP contribution in [0.2, 0.25) is 0 Å². The van der Waals surface area contributed by atoms with E-state index in [-0.39, 0.29) is 6.61 Å². The fraction of sp³-hybridized carbons (Fsp3) is 0.357. The number of methoxy groups -OCH3 is 2. The molecular weight excluding hydrogens is 260 g/mol. The second-order valence-corrected chi connectivity index (χ2v) is 3.98. The zero-order valence-corrected chi connectivity index (χ0v) is 11.9. The standard InChI is InChI=1S/C14H20N2O4/c1-4-5-10-6-7-11(12(8-10)19-3)20-13(9-18-2)14(17)16-15/h4-8,13H,9,15H2,1-3H3,(H,16,17)/b5-4+. The Morgan fingerprint density at radius 1 is 1.40 bits per heavy atom. The first kappa shape index (κ1) is 16.0. The van der Waals surface area contributed by atoms with Crippen molar-refractivity contribution in [1.29, 1.82) is 0 Å². The molecule has 0 fully saturated rings. The Morgan fingerprint density at radius 3 is 2.70 bits per heavy atom. The zero-order chi connectivity index (χ0) is 15.0. The van der Waals surface area contributed by atoms with Crippen LogP contribution in [0.5, 0.6) is 11.5 Å². The van der Waals surface area contributed by atoms with E-state index in [0.29, 0.717) is 11.5 Å². The van der Waals surface area contributed by atoms with Crippen LogP contribution in [0.1, 0.15) is 12.5 Å². The number of benzene rings is 1. The van der Waals surface area contributed by atoms with E-state index < -0.39 is 12.0 Å². The van der Waals surface area contributed by atoms with E-state index >= 15 is 0 Å². The summed E-state index contributed by atoms with van der Waals surface area (Å²) in [5, 5.41) is 0. The number of hydrazine groups is 1. The Hall–Kier alpha value is -2.05. The molecule has 0 bridgehead atoms. The minimum absolute atomic E-state index is 0.0861. The van der Waals surface area contributed by atoms with Crippen molar-refractivity contribution in [3.05, 3.63) is 29.8 Å². The maximum Gasteiger partial charge on any atom is 0.277 e. The molecule has 1 aromatic carbocycles. The van der Waals surface area contributed by atoms with Crippen LogP contribution < -0.4 is 20.7 Å². The lowest BCUT2D eigenvalue weighted by molar-refractivity contribution is -0.130. The molecule has 0 saturated heterocycles. The van der Waals surface area contributed by atoms with Crippen molar-refractivity contribution in [2.24, 2.45) is 5.84 Å². The molecule has 0 heterocycles. The van der Waals surface area contributed by atoms with Gasteiger partial charge in [0.15, 0.2) is 11.5 Å². The van der Waals surface area contributed by atoms with Crippen molar-refractivity contribution < 1.29 is 19.0 Å². The molecule has 6 heteroatoms. The van der Waals surface area contributed by atoms with Gasteiger partial charge in [-0.25, -0.2) is 5.84 Å². The van der Waals surface area contributed by atoms with Gasteiger partial charge in [0.05, 0.1) is 13.7 Å². The maximum atomic E-state index is 11.6. The van der Waals surface area contributed by atoms with E-state index in [1.807, 2.05) is 36.6 Å². The van der Waals surface area contributed by atoms with Crippen LogP contribution in [-0.2, 0) is 9.53 Å². The van der Waals surface area contributed by atoms with Crippen LogP contribution in [0, 0.1) is 0 Å². The smallest absolute Gasteiger partial charge is 0.277 e. The Morgan fingerprint density at radius 2 is 2.15 bits per heavy atom. The minimum Gasteiger partial charge on any atom is -0.493 e. The third kappa shape index (κ3) is 4.25. The van der Waals surface area contributed by atoms with E-state index in [0.717, 1.165) is 5.56 Å². The van der Waals surface area contributed by atoms with Crippen LogP contribution in [0.15, 0.2) is 24.3 Å². The first-order valence-electron chi connectivity index (χ1n) is 6.13. The SMILES string of the molecule is C/C=C/c1ccc(OC(COC)C(=O)NN)c(OC)c1. The second-order valence-electron chi connectivity index (χ2n) is 3.98. The number of ether oxygens (including phenoxy) is 3. The average molecular weight is 280 g/mol. The summed E-state index contributed by atoms with van der Waals surface area (Å²) in [4.78, 5) is 11.6. The van der Waals surface area contributed by atoms with Gasteiger partial charge in [-0.3, -0.25) is 10.2 Å². The summed E-state index contributed by atoms with van der Waals surface area (Å²) in [6, 6.07) is 5.42. The molecule has 0 radical (unpaired) electrons. The molecule has 1 unspecified atom stereocenters. The van der Waals surface area contributed by atoms with Gasteiger partial charge in [-0.2, -0.15) is 0 Å². The fourth-order valence-electron chi connectivity index (χ4n) is 1.64. The molecule has 0 aliphatic carbocycles. The molecule has 1 aromatic rings. The van der Waals surface area contributed by atoms with Crippen molar-refractivity contribution in [3.8, 4) is 11.5 Å². The number of carbonyl (C=O) groups is 1. The van der Waals surface area contributed by atoms with Crippen molar-refractivity contribution in [2.75, 3.05) is 20.8 Å². The topological polar surface area (TPSA) is 82.8 Å². The molecule has 0 aliphatic heterocycles. The average Bonchev–Trinajstić information content (AvgIpc) is 2.47. The van der Waals surface area contributed by atoms with Crippen LogP contribution in [0.3, 0.4) is 0 Å². The number of rotatable bonds is 7. The minimum atomic E-state index is -0.841. The molecular formula is C14H20N2O4. The van der Waals surface area contributed by atoms with E-state index in [1.54, 1.807) is 6.07 Å². The molecule has 110 valence electrons. The lowest BCUT2D eigenvalue weighted by Gasteiger charge is -2.18. The predicted molar refractivity (Wildman–Crippen MR) is 76.3 cm³/mol. The normalized spacial score (nSPS) is 12.2. The lowest BCUT2D eigenvalue weighted by Crippen LogP contribution is -2.44. The van der Waals surface area contributed by atoms with Gasteiger partial charge in [-0.1, -0.05) is 18.2 Å². The Balaban J connectivity index is 2.96. The molecule has 3 N–H and O–H groups in total. The van der Waals surface area contributed by atoms with Gasteiger partial charge in [0.1, 0.15) is 0 Å². The van der Waals surface area contributed by atoms with Gasteiger partial charge in [0.25, 0.3) is 5.91 Å². The number of amides is 1. The van der Waals surface area contributed by atoms with Crippen LogP contribution in [0.4, 0.5) is 0 Å². The molecule has 1 rings (SSSR count). The summed E-state index contributed by atoms with van der Waals surface area (Å²) in [5.41, 5.74) is 3.02. The van der Waals surface area contributed by atoms with Gasteiger partial charge in [-0.15, -0.1) is 0 Å². The summed E-state index contributed by atoms with van der Waals surface area (Å²) in [6.45, 7) is 2.01. The monoisotopic (exact) mass is 280 g/mol. The van der Waals surface area contributed by atoms with Gasteiger partial charge >= 0.3 is 0 Å².